The molecule has 4 N–H and O–H groups in total. The van der Waals surface area contributed by atoms with E-state index in [2.05, 4.69) is 32.3 Å². The number of thiazole rings is 1. The van der Waals surface area contributed by atoms with Crippen LogP contribution in [-0.4, -0.2) is 30.3 Å². The van der Waals surface area contributed by atoms with E-state index in [1.54, 1.807) is 0 Å². The summed E-state index contributed by atoms with van der Waals surface area (Å²) in [4.78, 5) is 15.3. The van der Waals surface area contributed by atoms with E-state index in [1.807, 2.05) is 24.6 Å². The van der Waals surface area contributed by atoms with Crippen LogP contribution in [0, 0.1) is 11.3 Å². The molecular formula is C16H22N6OS. The highest BCUT2D eigenvalue weighted by molar-refractivity contribution is 7.10. The number of hydrogen-bond donors (Lipinski definition) is 4. The number of nitrogens with one attached hydrogen (secondary N) is 4. The Bertz CT molecular complexity index is 672. The summed E-state index contributed by atoms with van der Waals surface area (Å²) >= 11 is 1.48. The average Bonchev–Trinajstić information content (AvgIpc) is 3.04. The Kier molecular flexibility index (Phi) is 6.78. The van der Waals surface area contributed by atoms with Crippen molar-refractivity contribution in [3.63, 3.8) is 0 Å². The van der Waals surface area contributed by atoms with E-state index in [9.17, 15) is 10.1 Å². The van der Waals surface area contributed by atoms with Crippen molar-refractivity contribution in [3.05, 3.63) is 34.1 Å². The van der Waals surface area contributed by atoms with Crippen LogP contribution in [0.2, 0.25) is 0 Å². The Morgan fingerprint density at radius 3 is 3.00 bits per heavy atom. The largest absolute Gasteiger partial charge is 0.359 e. The third kappa shape index (κ3) is 5.08. The summed E-state index contributed by atoms with van der Waals surface area (Å²) in [5, 5.41) is 24.7. The van der Waals surface area contributed by atoms with E-state index in [0.29, 0.717) is 12.1 Å². The van der Waals surface area contributed by atoms with Crippen molar-refractivity contribution in [1.82, 2.24) is 26.3 Å². The summed E-state index contributed by atoms with van der Waals surface area (Å²) < 4.78 is 0. The van der Waals surface area contributed by atoms with Gasteiger partial charge in [0.15, 0.2) is 6.29 Å². The molecule has 1 aromatic rings. The van der Waals surface area contributed by atoms with Crippen molar-refractivity contribution in [2.24, 2.45) is 0 Å². The van der Waals surface area contributed by atoms with Crippen LogP contribution in [-0.2, 0) is 11.2 Å². The molecule has 0 saturated heterocycles. The van der Waals surface area contributed by atoms with Crippen LogP contribution in [0.25, 0.3) is 5.57 Å². The molecule has 0 radical (unpaired) electrons. The number of allylic oxidation sites excluding steroid dienone is 2. The minimum atomic E-state index is -0.170. The van der Waals surface area contributed by atoms with Crippen LogP contribution in [0.1, 0.15) is 31.0 Å². The Morgan fingerprint density at radius 2 is 2.33 bits per heavy atom. The molecule has 128 valence electrons. The van der Waals surface area contributed by atoms with Gasteiger partial charge in [-0.1, -0.05) is 6.92 Å². The van der Waals surface area contributed by atoms with Crippen molar-refractivity contribution in [2.75, 3.05) is 13.1 Å². The zero-order valence-electron chi connectivity index (χ0n) is 13.8. The Morgan fingerprint density at radius 1 is 1.50 bits per heavy atom. The van der Waals surface area contributed by atoms with E-state index in [1.165, 1.54) is 18.3 Å². The van der Waals surface area contributed by atoms with Gasteiger partial charge in [-0.25, -0.2) is 4.98 Å². The lowest BCUT2D eigenvalue weighted by atomic mass is 10.2. The molecule has 2 rings (SSSR count). The first kappa shape index (κ1) is 18.0. The Balaban J connectivity index is 1.95. The topological polar surface area (TPSA) is 102 Å². The fourth-order valence-corrected chi connectivity index (χ4v) is 3.06. The lowest BCUT2D eigenvalue weighted by Crippen LogP contribution is -2.52. The standard InChI is InChI=1S/C16H22N6OS/c1-3-12-10-24-15(21-12)13(9-17)14-5-8-20-16(22-14)19-7-4-6-18-11(2)23/h5,8,10,16,19-20,22H,3-4,6-7H2,1-2H3,(H,18,23). The summed E-state index contributed by atoms with van der Waals surface area (Å²) in [7, 11) is 0. The number of amides is 1. The zero-order chi connectivity index (χ0) is 17.4. The molecule has 1 amide bonds. The molecule has 1 aliphatic heterocycles. The zero-order valence-corrected chi connectivity index (χ0v) is 14.7. The number of rotatable bonds is 7. The second kappa shape index (κ2) is 9.05. The second-order valence-electron chi connectivity index (χ2n) is 5.27. The minimum absolute atomic E-state index is 0.0226. The van der Waals surface area contributed by atoms with Gasteiger partial charge in [0.2, 0.25) is 5.91 Å². The quantitative estimate of drug-likeness (QED) is 0.435. The fraction of sp³-hybridized carbons (Fsp3) is 0.438. The first-order valence-electron chi connectivity index (χ1n) is 7.90. The van der Waals surface area contributed by atoms with Gasteiger partial charge in [-0.15, -0.1) is 11.3 Å². The van der Waals surface area contributed by atoms with Gasteiger partial charge in [-0.3, -0.25) is 10.1 Å². The normalized spacial score (nSPS) is 18.3. The third-order valence-electron chi connectivity index (χ3n) is 3.40. The van der Waals surface area contributed by atoms with Crippen LogP contribution in [0.15, 0.2) is 23.4 Å². The summed E-state index contributed by atoms with van der Waals surface area (Å²) in [5.41, 5.74) is 2.28. The van der Waals surface area contributed by atoms with Crippen LogP contribution in [0.4, 0.5) is 0 Å². The highest BCUT2D eigenvalue weighted by Gasteiger charge is 2.17. The molecule has 24 heavy (non-hydrogen) atoms. The first-order chi connectivity index (χ1) is 11.6. The van der Waals surface area contributed by atoms with Crippen LogP contribution >= 0.6 is 11.3 Å². The third-order valence-corrected chi connectivity index (χ3v) is 4.31. The molecule has 1 atom stereocenters. The van der Waals surface area contributed by atoms with E-state index in [4.69, 9.17) is 0 Å². The monoisotopic (exact) mass is 346 g/mol. The van der Waals surface area contributed by atoms with Gasteiger partial charge >= 0.3 is 0 Å². The maximum atomic E-state index is 10.8. The highest BCUT2D eigenvalue weighted by Crippen LogP contribution is 2.22. The molecule has 8 heteroatoms. The number of aromatic nitrogens is 1. The van der Waals surface area contributed by atoms with Gasteiger partial charge in [-0.2, -0.15) is 5.26 Å². The van der Waals surface area contributed by atoms with Gasteiger partial charge < -0.3 is 16.0 Å². The maximum absolute atomic E-state index is 10.8. The molecule has 0 aromatic carbocycles. The second-order valence-corrected chi connectivity index (χ2v) is 6.12. The van der Waals surface area contributed by atoms with E-state index in [-0.39, 0.29) is 12.2 Å². The van der Waals surface area contributed by atoms with Crippen molar-refractivity contribution in [1.29, 1.82) is 5.26 Å². The number of carbonyl (C=O) groups is 1. The molecule has 1 aliphatic rings. The molecule has 0 saturated carbocycles. The molecule has 0 spiro atoms. The summed E-state index contributed by atoms with van der Waals surface area (Å²) in [6.07, 6.45) is 5.15. The van der Waals surface area contributed by atoms with Crippen LogP contribution in [0.3, 0.4) is 0 Å². The summed E-state index contributed by atoms with van der Waals surface area (Å²) in [6, 6.07) is 2.25. The summed E-state index contributed by atoms with van der Waals surface area (Å²) in [5.74, 6) is -0.0226. The molecular weight excluding hydrogens is 324 g/mol. The molecule has 0 bridgehead atoms. The van der Waals surface area contributed by atoms with Crippen molar-refractivity contribution in [2.45, 2.75) is 33.0 Å². The van der Waals surface area contributed by atoms with Gasteiger partial charge in [0.05, 0.1) is 11.4 Å². The number of hydrogen-bond acceptors (Lipinski definition) is 7. The smallest absolute Gasteiger partial charge is 0.216 e. The Hall–Kier alpha value is -2.37. The lowest BCUT2D eigenvalue weighted by Gasteiger charge is -2.26. The molecule has 1 aromatic heterocycles. The maximum Gasteiger partial charge on any atom is 0.216 e. The van der Waals surface area contributed by atoms with E-state index < -0.39 is 0 Å². The van der Waals surface area contributed by atoms with Crippen molar-refractivity contribution >= 4 is 22.8 Å². The molecule has 0 fully saturated rings. The van der Waals surface area contributed by atoms with Gasteiger partial charge in [-0.05, 0) is 18.9 Å². The lowest BCUT2D eigenvalue weighted by molar-refractivity contribution is -0.118. The highest BCUT2D eigenvalue weighted by atomic mass is 32.1. The van der Waals surface area contributed by atoms with Gasteiger partial charge in [0, 0.05) is 31.6 Å². The minimum Gasteiger partial charge on any atom is -0.359 e. The molecule has 0 aliphatic carbocycles. The summed E-state index contributed by atoms with van der Waals surface area (Å²) in [6.45, 7) is 4.91. The predicted molar refractivity (Wildman–Crippen MR) is 94.5 cm³/mol. The van der Waals surface area contributed by atoms with Gasteiger partial charge in [0.1, 0.15) is 16.6 Å². The predicted octanol–water partition coefficient (Wildman–Crippen LogP) is 1.05. The Labute approximate surface area is 145 Å². The average molecular weight is 346 g/mol. The number of nitriles is 1. The van der Waals surface area contributed by atoms with Crippen molar-refractivity contribution in [3.8, 4) is 6.07 Å². The van der Waals surface area contributed by atoms with E-state index >= 15 is 0 Å². The van der Waals surface area contributed by atoms with Gasteiger partial charge in [0.25, 0.3) is 0 Å². The molecule has 1 unspecified atom stereocenters. The number of aryl methyl sites for hydroxylation is 1. The molecule has 2 heterocycles. The number of nitrogens with zero attached hydrogens (tertiary/aromatic N) is 2. The molecule has 7 nitrogen and oxygen atoms in total. The number of carbonyl (C=O) groups excluding carboxylic acids is 1. The van der Waals surface area contributed by atoms with E-state index in [0.717, 1.165) is 35.8 Å². The van der Waals surface area contributed by atoms with Crippen LogP contribution < -0.4 is 21.3 Å². The first-order valence-corrected chi connectivity index (χ1v) is 8.78. The fourth-order valence-electron chi connectivity index (χ4n) is 2.15. The van der Waals surface area contributed by atoms with Crippen molar-refractivity contribution < 1.29 is 4.79 Å². The SMILES string of the molecule is CCc1csc(C(C#N)=C2C=CNC(NCCCNC(C)=O)N2)n1. The van der Waals surface area contributed by atoms with Crippen LogP contribution in [0.5, 0.6) is 0 Å².